The Kier molecular flexibility index (Phi) is 5.11. The first-order chi connectivity index (χ1) is 13.2. The van der Waals surface area contributed by atoms with E-state index in [1.807, 2.05) is 54.6 Å². The van der Waals surface area contributed by atoms with Crippen LogP contribution in [0.4, 0.5) is 5.69 Å². The highest BCUT2D eigenvalue weighted by atomic mass is 16.5. The Morgan fingerprint density at radius 3 is 2.67 bits per heavy atom. The number of hydrogen-bond acceptors (Lipinski definition) is 6. The third-order valence-electron chi connectivity index (χ3n) is 4.58. The summed E-state index contributed by atoms with van der Waals surface area (Å²) in [7, 11) is 0. The summed E-state index contributed by atoms with van der Waals surface area (Å²) in [6.45, 7) is 2.20. The number of nitrogen functional groups attached to an aromatic ring is 1. The molecule has 3 aromatic rings. The first kappa shape index (κ1) is 17.6. The molecule has 1 aromatic heterocycles. The summed E-state index contributed by atoms with van der Waals surface area (Å²) in [5, 5.41) is 12.8. The number of nitrogens with zero attached hydrogens (tertiary/aromatic N) is 2. The molecule has 1 aliphatic heterocycles. The molecule has 27 heavy (non-hydrogen) atoms. The van der Waals surface area contributed by atoms with E-state index in [0.717, 1.165) is 34.6 Å². The number of nitrogens with one attached hydrogen (secondary N) is 1. The van der Waals surface area contributed by atoms with Crippen LogP contribution in [0.3, 0.4) is 0 Å². The summed E-state index contributed by atoms with van der Waals surface area (Å²) < 4.78 is 5.90. The van der Waals surface area contributed by atoms with Gasteiger partial charge in [0.25, 0.3) is 0 Å². The largest absolute Gasteiger partial charge is 0.399 e. The van der Waals surface area contributed by atoms with Crippen LogP contribution in [0.15, 0.2) is 54.6 Å². The second-order valence-electron chi connectivity index (χ2n) is 6.55. The Labute approximate surface area is 158 Å². The van der Waals surface area contributed by atoms with Gasteiger partial charge < -0.3 is 20.9 Å². The Hall–Kier alpha value is -2.80. The number of ether oxygens (including phenoxy) is 1. The van der Waals surface area contributed by atoms with Gasteiger partial charge in [-0.25, -0.2) is 9.97 Å². The lowest BCUT2D eigenvalue weighted by Crippen LogP contribution is -2.33. The van der Waals surface area contributed by atoms with Gasteiger partial charge >= 0.3 is 0 Å². The highest BCUT2D eigenvalue weighted by molar-refractivity contribution is 5.66. The van der Waals surface area contributed by atoms with Crippen LogP contribution in [0.1, 0.15) is 17.4 Å². The molecule has 0 spiro atoms. The Balaban J connectivity index is 1.81. The number of nitrogens with two attached hydrogens (primary N) is 1. The molecule has 138 valence electrons. The predicted molar refractivity (Wildman–Crippen MR) is 105 cm³/mol. The molecule has 1 fully saturated rings. The van der Waals surface area contributed by atoms with Crippen molar-refractivity contribution in [2.24, 2.45) is 0 Å². The third kappa shape index (κ3) is 3.98. The number of hydrogen-bond donors (Lipinski definition) is 3. The van der Waals surface area contributed by atoms with E-state index >= 15 is 0 Å². The van der Waals surface area contributed by atoms with Crippen LogP contribution >= 0.6 is 0 Å². The SMILES string of the molecule is Nc1ccc(-c2cc(C3CNCCO3)nc(-c3cccc(CO)c3)n2)cc1. The maximum absolute atomic E-state index is 9.45. The van der Waals surface area contributed by atoms with Crippen molar-refractivity contribution < 1.29 is 9.84 Å². The van der Waals surface area contributed by atoms with Gasteiger partial charge in [0.2, 0.25) is 0 Å². The summed E-state index contributed by atoms with van der Waals surface area (Å²) in [5.74, 6) is 0.615. The monoisotopic (exact) mass is 362 g/mol. The first-order valence-corrected chi connectivity index (χ1v) is 9.00. The van der Waals surface area contributed by atoms with Crippen LogP contribution in [-0.2, 0) is 11.3 Å². The minimum Gasteiger partial charge on any atom is -0.399 e. The van der Waals surface area contributed by atoms with E-state index < -0.39 is 0 Å². The minimum absolute atomic E-state index is 0.0198. The summed E-state index contributed by atoms with van der Waals surface area (Å²) in [4.78, 5) is 9.53. The highest BCUT2D eigenvalue weighted by Crippen LogP contribution is 2.27. The summed E-state index contributed by atoms with van der Waals surface area (Å²) in [6.07, 6.45) is -0.117. The zero-order chi connectivity index (χ0) is 18.6. The molecule has 1 aliphatic rings. The lowest BCUT2D eigenvalue weighted by Gasteiger charge is -2.24. The molecule has 4 N–H and O–H groups in total. The van der Waals surface area contributed by atoms with E-state index in [0.29, 0.717) is 24.7 Å². The molecule has 0 saturated carbocycles. The molecule has 1 unspecified atom stereocenters. The van der Waals surface area contributed by atoms with Gasteiger partial charge in [-0.3, -0.25) is 0 Å². The number of benzene rings is 2. The molecule has 1 atom stereocenters. The number of morpholine rings is 1. The second kappa shape index (κ2) is 7.84. The smallest absolute Gasteiger partial charge is 0.160 e. The van der Waals surface area contributed by atoms with Crippen LogP contribution in [0, 0.1) is 0 Å². The Morgan fingerprint density at radius 1 is 1.07 bits per heavy atom. The predicted octanol–water partition coefficient (Wildman–Crippen LogP) is 2.55. The van der Waals surface area contributed by atoms with E-state index in [1.165, 1.54) is 0 Å². The highest BCUT2D eigenvalue weighted by Gasteiger charge is 2.20. The molecule has 2 aromatic carbocycles. The zero-order valence-electron chi connectivity index (χ0n) is 14.9. The van der Waals surface area contributed by atoms with E-state index in [4.69, 9.17) is 20.4 Å². The number of rotatable bonds is 4. The minimum atomic E-state index is -0.117. The van der Waals surface area contributed by atoms with Crippen molar-refractivity contribution in [1.29, 1.82) is 0 Å². The van der Waals surface area contributed by atoms with Gasteiger partial charge in [-0.2, -0.15) is 0 Å². The molecule has 0 bridgehead atoms. The fourth-order valence-corrected chi connectivity index (χ4v) is 3.13. The number of aliphatic hydroxyl groups is 1. The number of aromatic nitrogens is 2. The fourth-order valence-electron chi connectivity index (χ4n) is 3.13. The van der Waals surface area contributed by atoms with E-state index in [2.05, 4.69) is 5.32 Å². The molecular weight excluding hydrogens is 340 g/mol. The first-order valence-electron chi connectivity index (χ1n) is 9.00. The molecule has 4 rings (SSSR count). The molecule has 6 heteroatoms. The summed E-state index contributed by atoms with van der Waals surface area (Å²) >= 11 is 0. The lowest BCUT2D eigenvalue weighted by atomic mass is 10.1. The van der Waals surface area contributed by atoms with Gasteiger partial charge in [0, 0.05) is 29.9 Å². The number of anilines is 1. The van der Waals surface area contributed by atoms with Gasteiger partial charge in [0.15, 0.2) is 5.82 Å². The summed E-state index contributed by atoms with van der Waals surface area (Å²) in [6, 6.07) is 17.2. The maximum Gasteiger partial charge on any atom is 0.160 e. The van der Waals surface area contributed by atoms with E-state index in [9.17, 15) is 5.11 Å². The standard InChI is InChI=1S/C21H22N4O2/c22-17-6-4-15(5-7-17)18-11-19(20-12-23-8-9-27-20)25-21(24-18)16-3-1-2-14(10-16)13-26/h1-7,10-11,20,23,26H,8-9,12-13,22H2. The van der Waals surface area contributed by atoms with Crippen LogP contribution in [0.2, 0.25) is 0 Å². The number of aliphatic hydroxyl groups excluding tert-OH is 1. The molecule has 0 radical (unpaired) electrons. The average Bonchev–Trinajstić information content (AvgIpc) is 2.74. The van der Waals surface area contributed by atoms with E-state index in [1.54, 1.807) is 0 Å². The van der Waals surface area contributed by atoms with Gasteiger partial charge in [0.1, 0.15) is 6.10 Å². The summed E-state index contributed by atoms with van der Waals surface area (Å²) in [5.41, 5.74) is 10.8. The van der Waals surface area contributed by atoms with Crippen LogP contribution in [0.5, 0.6) is 0 Å². The fraction of sp³-hybridized carbons (Fsp3) is 0.238. The third-order valence-corrected chi connectivity index (χ3v) is 4.58. The quantitative estimate of drug-likeness (QED) is 0.618. The molecule has 0 aliphatic carbocycles. The molecule has 2 heterocycles. The van der Waals surface area contributed by atoms with Crippen molar-refractivity contribution in [2.75, 3.05) is 25.4 Å². The van der Waals surface area contributed by atoms with Crippen LogP contribution < -0.4 is 11.1 Å². The second-order valence-corrected chi connectivity index (χ2v) is 6.55. The van der Waals surface area contributed by atoms with Crippen molar-refractivity contribution in [3.05, 3.63) is 65.9 Å². The van der Waals surface area contributed by atoms with Crippen molar-refractivity contribution in [3.8, 4) is 22.6 Å². The van der Waals surface area contributed by atoms with Crippen molar-refractivity contribution in [2.45, 2.75) is 12.7 Å². The Morgan fingerprint density at radius 2 is 1.93 bits per heavy atom. The van der Waals surface area contributed by atoms with Gasteiger partial charge in [-0.1, -0.05) is 30.3 Å². The van der Waals surface area contributed by atoms with Crippen molar-refractivity contribution >= 4 is 5.69 Å². The Bertz CT molecular complexity index is 922. The topological polar surface area (TPSA) is 93.3 Å². The van der Waals surface area contributed by atoms with Gasteiger partial charge in [-0.05, 0) is 29.8 Å². The molecular formula is C21H22N4O2. The molecule has 6 nitrogen and oxygen atoms in total. The van der Waals surface area contributed by atoms with Crippen molar-refractivity contribution in [1.82, 2.24) is 15.3 Å². The average molecular weight is 362 g/mol. The van der Waals surface area contributed by atoms with Gasteiger partial charge in [-0.15, -0.1) is 0 Å². The maximum atomic E-state index is 9.45. The lowest BCUT2D eigenvalue weighted by molar-refractivity contribution is 0.0250. The van der Waals surface area contributed by atoms with Crippen LogP contribution in [-0.4, -0.2) is 34.8 Å². The van der Waals surface area contributed by atoms with Crippen molar-refractivity contribution in [3.63, 3.8) is 0 Å². The zero-order valence-corrected chi connectivity index (χ0v) is 14.9. The molecule has 0 amide bonds. The van der Waals surface area contributed by atoms with E-state index in [-0.39, 0.29) is 12.7 Å². The van der Waals surface area contributed by atoms with Crippen LogP contribution in [0.25, 0.3) is 22.6 Å². The van der Waals surface area contributed by atoms with Gasteiger partial charge in [0.05, 0.1) is 24.6 Å². The normalized spacial score (nSPS) is 17.0. The molecule has 1 saturated heterocycles.